The number of hydrogen-bond donors (Lipinski definition) is 1. The van der Waals surface area contributed by atoms with E-state index in [2.05, 4.69) is 5.32 Å². The van der Waals surface area contributed by atoms with E-state index in [1.165, 1.54) is 0 Å². The second-order valence-corrected chi connectivity index (χ2v) is 4.78. The Bertz CT molecular complexity index is 603. The quantitative estimate of drug-likeness (QED) is 0.678. The van der Waals surface area contributed by atoms with Gasteiger partial charge in [-0.25, -0.2) is 4.39 Å². The SMILES string of the molecule is N#CC1(C(=O)Nc2cc([N+](=O)[O-])ccc2F)CCCC1. The van der Waals surface area contributed by atoms with Crippen molar-refractivity contribution in [2.75, 3.05) is 5.32 Å². The highest BCUT2D eigenvalue weighted by Gasteiger charge is 2.41. The highest BCUT2D eigenvalue weighted by molar-refractivity contribution is 5.97. The number of anilines is 1. The smallest absolute Gasteiger partial charge is 0.271 e. The number of hydrogen-bond acceptors (Lipinski definition) is 4. The first-order valence-corrected chi connectivity index (χ1v) is 6.15. The minimum atomic E-state index is -1.16. The fourth-order valence-corrected chi connectivity index (χ4v) is 2.33. The van der Waals surface area contributed by atoms with E-state index >= 15 is 0 Å². The van der Waals surface area contributed by atoms with Gasteiger partial charge in [-0.05, 0) is 18.9 Å². The fraction of sp³-hybridized carbons (Fsp3) is 0.385. The zero-order valence-corrected chi connectivity index (χ0v) is 10.6. The van der Waals surface area contributed by atoms with Crippen molar-refractivity contribution >= 4 is 17.3 Å². The summed E-state index contributed by atoms with van der Waals surface area (Å²) in [6, 6.07) is 4.87. The van der Waals surface area contributed by atoms with Gasteiger partial charge in [-0.1, -0.05) is 12.8 Å². The van der Waals surface area contributed by atoms with Crippen molar-refractivity contribution in [1.29, 1.82) is 5.26 Å². The second kappa shape index (κ2) is 5.25. The van der Waals surface area contributed by atoms with Crippen molar-refractivity contribution < 1.29 is 14.1 Å². The number of nitro groups is 1. The fourth-order valence-electron chi connectivity index (χ4n) is 2.33. The van der Waals surface area contributed by atoms with Crippen molar-refractivity contribution in [2.24, 2.45) is 5.41 Å². The lowest BCUT2D eigenvalue weighted by Crippen LogP contribution is -2.32. The standard InChI is InChI=1S/C13H12FN3O3/c14-10-4-3-9(17(19)20)7-11(10)16-12(18)13(8-15)5-1-2-6-13/h3-4,7H,1-2,5-6H2,(H,16,18). The Balaban J connectivity index is 2.26. The lowest BCUT2D eigenvalue weighted by Gasteiger charge is -2.19. The number of nitrogens with one attached hydrogen (secondary N) is 1. The molecule has 20 heavy (non-hydrogen) atoms. The Hall–Kier alpha value is -2.49. The van der Waals surface area contributed by atoms with Crippen LogP contribution in [0.5, 0.6) is 0 Å². The van der Waals surface area contributed by atoms with E-state index in [9.17, 15) is 19.3 Å². The summed E-state index contributed by atoms with van der Waals surface area (Å²) in [5.74, 6) is -1.37. The number of nitriles is 1. The molecule has 0 aromatic heterocycles. The average Bonchev–Trinajstić information content (AvgIpc) is 2.91. The first-order valence-electron chi connectivity index (χ1n) is 6.15. The second-order valence-electron chi connectivity index (χ2n) is 4.78. The van der Waals surface area contributed by atoms with E-state index in [0.717, 1.165) is 31.0 Å². The monoisotopic (exact) mass is 277 g/mol. The largest absolute Gasteiger partial charge is 0.322 e. The summed E-state index contributed by atoms with van der Waals surface area (Å²) in [6.45, 7) is 0. The first kappa shape index (κ1) is 13.9. The Morgan fingerprint density at radius 3 is 2.65 bits per heavy atom. The molecule has 0 heterocycles. The lowest BCUT2D eigenvalue weighted by molar-refractivity contribution is -0.384. The number of nitro benzene ring substituents is 1. The number of rotatable bonds is 3. The summed E-state index contributed by atoms with van der Waals surface area (Å²) < 4.78 is 13.6. The molecule has 0 spiro atoms. The molecule has 7 heteroatoms. The Morgan fingerprint density at radius 1 is 1.45 bits per heavy atom. The molecule has 1 saturated carbocycles. The van der Waals surface area contributed by atoms with Crippen LogP contribution in [0, 0.1) is 32.7 Å². The zero-order chi connectivity index (χ0) is 14.8. The van der Waals surface area contributed by atoms with E-state index < -0.39 is 22.1 Å². The van der Waals surface area contributed by atoms with Gasteiger partial charge in [-0.15, -0.1) is 0 Å². The van der Waals surface area contributed by atoms with Gasteiger partial charge in [0.2, 0.25) is 5.91 Å². The maximum Gasteiger partial charge on any atom is 0.271 e. The van der Waals surface area contributed by atoms with Crippen LogP contribution < -0.4 is 5.32 Å². The summed E-state index contributed by atoms with van der Waals surface area (Å²) in [4.78, 5) is 22.1. The molecular formula is C13H12FN3O3. The van der Waals surface area contributed by atoms with Crippen molar-refractivity contribution in [2.45, 2.75) is 25.7 Å². The predicted octanol–water partition coefficient (Wildman–Crippen LogP) is 2.76. The van der Waals surface area contributed by atoms with Gasteiger partial charge in [0.25, 0.3) is 5.69 Å². The van der Waals surface area contributed by atoms with Crippen LogP contribution in [0.3, 0.4) is 0 Å². The lowest BCUT2D eigenvalue weighted by atomic mass is 9.87. The van der Waals surface area contributed by atoms with Gasteiger partial charge in [0, 0.05) is 12.1 Å². The van der Waals surface area contributed by atoms with Crippen LogP contribution in [-0.2, 0) is 4.79 Å². The van der Waals surface area contributed by atoms with Crippen LogP contribution in [0.25, 0.3) is 0 Å². The Morgan fingerprint density at radius 2 is 2.10 bits per heavy atom. The van der Waals surface area contributed by atoms with E-state index in [1.54, 1.807) is 0 Å². The van der Waals surface area contributed by atoms with Crippen molar-refractivity contribution in [3.63, 3.8) is 0 Å². The van der Waals surface area contributed by atoms with Gasteiger partial charge in [-0.2, -0.15) is 5.26 Å². The average molecular weight is 277 g/mol. The molecule has 0 bridgehead atoms. The van der Waals surface area contributed by atoms with Crippen LogP contribution in [0.4, 0.5) is 15.8 Å². The van der Waals surface area contributed by atoms with Gasteiger partial charge < -0.3 is 5.32 Å². The van der Waals surface area contributed by atoms with E-state index in [4.69, 9.17) is 5.26 Å². The van der Waals surface area contributed by atoms with E-state index in [-0.39, 0.29) is 11.4 Å². The molecule has 6 nitrogen and oxygen atoms in total. The molecule has 1 aromatic rings. The summed E-state index contributed by atoms with van der Waals surface area (Å²) in [6.07, 6.45) is 2.37. The molecule has 1 fully saturated rings. The van der Waals surface area contributed by atoms with Crippen LogP contribution >= 0.6 is 0 Å². The third-order valence-corrected chi connectivity index (χ3v) is 3.51. The summed E-state index contributed by atoms with van der Waals surface area (Å²) in [5.41, 5.74) is -1.75. The third kappa shape index (κ3) is 2.45. The number of non-ortho nitro benzene ring substituents is 1. The minimum Gasteiger partial charge on any atom is -0.322 e. The first-order chi connectivity index (χ1) is 9.48. The number of halogens is 1. The maximum absolute atomic E-state index is 13.6. The highest BCUT2D eigenvalue weighted by atomic mass is 19.1. The van der Waals surface area contributed by atoms with Crippen LogP contribution in [0.2, 0.25) is 0 Å². The maximum atomic E-state index is 13.6. The molecule has 0 atom stereocenters. The van der Waals surface area contributed by atoms with Crippen molar-refractivity contribution in [3.8, 4) is 6.07 Å². The van der Waals surface area contributed by atoms with E-state index in [0.29, 0.717) is 12.8 Å². The molecule has 0 saturated heterocycles. The Labute approximate surface area is 114 Å². The molecule has 1 aliphatic rings. The van der Waals surface area contributed by atoms with Crippen LogP contribution in [-0.4, -0.2) is 10.8 Å². The predicted molar refractivity (Wildman–Crippen MR) is 68.2 cm³/mol. The summed E-state index contributed by atoms with van der Waals surface area (Å²) in [5, 5.41) is 22.1. The highest BCUT2D eigenvalue weighted by Crippen LogP contribution is 2.38. The zero-order valence-electron chi connectivity index (χ0n) is 10.6. The minimum absolute atomic E-state index is 0.272. The molecule has 2 rings (SSSR count). The number of nitrogens with zero attached hydrogens (tertiary/aromatic N) is 2. The number of carbonyl (C=O) groups is 1. The number of carbonyl (C=O) groups excluding carboxylic acids is 1. The molecular weight excluding hydrogens is 265 g/mol. The van der Waals surface area contributed by atoms with Crippen molar-refractivity contribution in [1.82, 2.24) is 0 Å². The molecule has 104 valence electrons. The van der Waals surface area contributed by atoms with Gasteiger partial charge in [-0.3, -0.25) is 14.9 Å². The normalized spacial score (nSPS) is 16.4. The summed E-state index contributed by atoms with van der Waals surface area (Å²) in [7, 11) is 0. The molecule has 0 unspecified atom stereocenters. The van der Waals surface area contributed by atoms with Crippen molar-refractivity contribution in [3.05, 3.63) is 34.1 Å². The molecule has 1 amide bonds. The Kier molecular flexibility index (Phi) is 3.66. The molecule has 1 aromatic carbocycles. The van der Waals surface area contributed by atoms with Gasteiger partial charge >= 0.3 is 0 Å². The topological polar surface area (TPSA) is 96.0 Å². The molecule has 0 aliphatic heterocycles. The van der Waals surface area contributed by atoms with Crippen LogP contribution in [0.1, 0.15) is 25.7 Å². The van der Waals surface area contributed by atoms with Gasteiger partial charge in [0.15, 0.2) is 0 Å². The molecule has 1 N–H and O–H groups in total. The van der Waals surface area contributed by atoms with Gasteiger partial charge in [0.1, 0.15) is 11.2 Å². The number of amides is 1. The van der Waals surface area contributed by atoms with Gasteiger partial charge in [0.05, 0.1) is 16.7 Å². The number of benzene rings is 1. The molecule has 0 radical (unpaired) electrons. The molecule has 1 aliphatic carbocycles. The van der Waals surface area contributed by atoms with Crippen LogP contribution in [0.15, 0.2) is 18.2 Å². The van der Waals surface area contributed by atoms with E-state index in [1.807, 2.05) is 6.07 Å². The third-order valence-electron chi connectivity index (χ3n) is 3.51. The summed E-state index contributed by atoms with van der Waals surface area (Å²) >= 11 is 0.